The SMILES string of the molecule is CC(=O)Nc1nc(C)c(C(=O)NNC(=S)Nc2ccc(C)cc2)s1. The fourth-order valence-corrected chi connectivity index (χ4v) is 2.86. The quantitative estimate of drug-likeness (QED) is 0.494. The van der Waals surface area contributed by atoms with E-state index in [-0.39, 0.29) is 16.9 Å². The minimum atomic E-state index is -0.380. The third-order valence-corrected chi connectivity index (χ3v) is 4.16. The molecule has 7 nitrogen and oxygen atoms in total. The van der Waals surface area contributed by atoms with E-state index < -0.39 is 0 Å². The summed E-state index contributed by atoms with van der Waals surface area (Å²) in [5.41, 5.74) is 7.62. The Morgan fingerprint density at radius 1 is 1.08 bits per heavy atom. The molecule has 0 radical (unpaired) electrons. The highest BCUT2D eigenvalue weighted by molar-refractivity contribution is 7.80. The van der Waals surface area contributed by atoms with Crippen LogP contribution in [-0.2, 0) is 4.79 Å². The summed E-state index contributed by atoms with van der Waals surface area (Å²) >= 11 is 6.22. The molecule has 0 saturated carbocycles. The summed E-state index contributed by atoms with van der Waals surface area (Å²) in [5, 5.41) is 6.15. The molecule has 0 aliphatic heterocycles. The molecule has 0 unspecified atom stereocenters. The molecule has 0 saturated heterocycles. The Kier molecular flexibility index (Phi) is 5.83. The number of nitrogens with one attached hydrogen (secondary N) is 4. The van der Waals surface area contributed by atoms with Crippen LogP contribution in [0.2, 0.25) is 0 Å². The largest absolute Gasteiger partial charge is 0.331 e. The predicted octanol–water partition coefficient (Wildman–Crippen LogP) is 2.35. The molecule has 2 aromatic rings. The van der Waals surface area contributed by atoms with Crippen LogP contribution in [0.3, 0.4) is 0 Å². The average Bonchev–Trinajstić information content (AvgIpc) is 2.87. The summed E-state index contributed by atoms with van der Waals surface area (Å²) in [6.45, 7) is 5.07. The standard InChI is InChI=1S/C15H17N5O2S2/c1-8-4-6-11(7-5-8)18-14(23)20-19-13(22)12-9(2)16-15(24-12)17-10(3)21/h4-7H,1-3H3,(H,19,22)(H,16,17,21)(H2,18,20,23). The molecule has 4 N–H and O–H groups in total. The van der Waals surface area contributed by atoms with E-state index in [9.17, 15) is 9.59 Å². The maximum Gasteiger partial charge on any atom is 0.281 e. The number of benzene rings is 1. The van der Waals surface area contributed by atoms with E-state index in [0.29, 0.717) is 15.7 Å². The van der Waals surface area contributed by atoms with Crippen molar-refractivity contribution in [3.8, 4) is 0 Å². The second-order valence-corrected chi connectivity index (χ2v) is 6.42. The zero-order valence-corrected chi connectivity index (χ0v) is 15.0. The van der Waals surface area contributed by atoms with Crippen molar-refractivity contribution in [2.24, 2.45) is 0 Å². The number of hydrogen-bond donors (Lipinski definition) is 4. The first-order chi connectivity index (χ1) is 11.3. The van der Waals surface area contributed by atoms with Gasteiger partial charge in [0.1, 0.15) is 4.88 Å². The third kappa shape index (κ3) is 5.00. The van der Waals surface area contributed by atoms with Crippen molar-refractivity contribution in [2.45, 2.75) is 20.8 Å². The van der Waals surface area contributed by atoms with Gasteiger partial charge in [0.05, 0.1) is 5.69 Å². The third-order valence-electron chi connectivity index (χ3n) is 2.88. The van der Waals surface area contributed by atoms with Gasteiger partial charge < -0.3 is 10.6 Å². The van der Waals surface area contributed by atoms with Gasteiger partial charge >= 0.3 is 0 Å². The Balaban J connectivity index is 1.90. The van der Waals surface area contributed by atoms with Gasteiger partial charge in [-0.2, -0.15) is 0 Å². The maximum absolute atomic E-state index is 12.2. The Hall–Kier alpha value is -2.52. The number of thiazole rings is 1. The van der Waals surface area contributed by atoms with Gasteiger partial charge in [-0.3, -0.25) is 20.4 Å². The van der Waals surface area contributed by atoms with Crippen LogP contribution in [0.25, 0.3) is 0 Å². The molecule has 0 aliphatic rings. The van der Waals surface area contributed by atoms with E-state index in [4.69, 9.17) is 12.2 Å². The Morgan fingerprint density at radius 2 is 1.75 bits per heavy atom. The van der Waals surface area contributed by atoms with Crippen molar-refractivity contribution in [1.82, 2.24) is 15.8 Å². The second kappa shape index (κ2) is 7.84. The number of hydrazine groups is 1. The zero-order valence-electron chi connectivity index (χ0n) is 13.4. The lowest BCUT2D eigenvalue weighted by atomic mass is 10.2. The number of nitrogens with zero attached hydrogens (tertiary/aromatic N) is 1. The fourth-order valence-electron chi connectivity index (χ4n) is 1.78. The molecule has 9 heteroatoms. The molecular weight excluding hydrogens is 346 g/mol. The van der Waals surface area contributed by atoms with Crippen LogP contribution in [0.4, 0.5) is 10.8 Å². The smallest absolute Gasteiger partial charge is 0.281 e. The highest BCUT2D eigenvalue weighted by atomic mass is 32.1. The van der Waals surface area contributed by atoms with Gasteiger partial charge in [0.25, 0.3) is 5.91 Å². The number of carbonyl (C=O) groups excluding carboxylic acids is 2. The van der Waals surface area contributed by atoms with Crippen LogP contribution < -0.4 is 21.5 Å². The van der Waals surface area contributed by atoms with E-state index in [1.165, 1.54) is 6.92 Å². The molecule has 0 atom stereocenters. The van der Waals surface area contributed by atoms with Gasteiger partial charge in [-0.1, -0.05) is 29.0 Å². The van der Waals surface area contributed by atoms with Gasteiger partial charge in [0.15, 0.2) is 10.2 Å². The molecular formula is C15H17N5O2S2. The Morgan fingerprint density at radius 3 is 2.38 bits per heavy atom. The molecule has 2 amide bonds. The summed E-state index contributed by atoms with van der Waals surface area (Å²) < 4.78 is 0. The summed E-state index contributed by atoms with van der Waals surface area (Å²) in [6, 6.07) is 7.68. The molecule has 126 valence electrons. The minimum Gasteiger partial charge on any atom is -0.331 e. The summed E-state index contributed by atoms with van der Waals surface area (Å²) in [6.07, 6.45) is 0. The lowest BCUT2D eigenvalue weighted by molar-refractivity contribution is -0.114. The van der Waals surface area contributed by atoms with Gasteiger partial charge in [0.2, 0.25) is 5.91 Å². The topological polar surface area (TPSA) is 95.2 Å². The van der Waals surface area contributed by atoms with Crippen molar-refractivity contribution >= 4 is 51.3 Å². The number of rotatable bonds is 3. The van der Waals surface area contributed by atoms with Crippen molar-refractivity contribution in [2.75, 3.05) is 10.6 Å². The van der Waals surface area contributed by atoms with Crippen LogP contribution in [0, 0.1) is 13.8 Å². The molecule has 2 rings (SSSR count). The van der Waals surface area contributed by atoms with Crippen molar-refractivity contribution in [3.63, 3.8) is 0 Å². The molecule has 24 heavy (non-hydrogen) atoms. The van der Waals surface area contributed by atoms with Crippen LogP contribution >= 0.6 is 23.6 Å². The molecule has 1 heterocycles. The predicted molar refractivity (Wildman–Crippen MR) is 99.2 cm³/mol. The molecule has 1 aromatic carbocycles. The first-order valence-electron chi connectivity index (χ1n) is 7.04. The lowest BCUT2D eigenvalue weighted by Crippen LogP contribution is -2.43. The first kappa shape index (κ1) is 17.8. The van der Waals surface area contributed by atoms with Gasteiger partial charge in [-0.25, -0.2) is 4.98 Å². The van der Waals surface area contributed by atoms with Crippen molar-refractivity contribution < 1.29 is 9.59 Å². The van der Waals surface area contributed by atoms with Crippen LogP contribution in [0.5, 0.6) is 0 Å². The van der Waals surface area contributed by atoms with E-state index in [2.05, 4.69) is 26.5 Å². The van der Waals surface area contributed by atoms with E-state index in [1.807, 2.05) is 31.2 Å². The Labute approximate surface area is 148 Å². The maximum atomic E-state index is 12.2. The summed E-state index contributed by atoms with van der Waals surface area (Å²) in [4.78, 5) is 27.7. The second-order valence-electron chi connectivity index (χ2n) is 5.01. The van der Waals surface area contributed by atoms with E-state index in [0.717, 1.165) is 22.6 Å². The molecule has 0 aliphatic carbocycles. The Bertz CT molecular complexity index is 771. The monoisotopic (exact) mass is 363 g/mol. The number of amides is 2. The van der Waals surface area contributed by atoms with E-state index >= 15 is 0 Å². The molecule has 0 fully saturated rings. The summed E-state index contributed by atoms with van der Waals surface area (Å²) in [7, 11) is 0. The van der Waals surface area contributed by atoms with Crippen molar-refractivity contribution in [3.05, 3.63) is 40.4 Å². The lowest BCUT2D eigenvalue weighted by Gasteiger charge is -2.11. The molecule has 0 spiro atoms. The van der Waals surface area contributed by atoms with Gasteiger partial charge in [-0.05, 0) is 38.2 Å². The number of carbonyl (C=O) groups is 2. The van der Waals surface area contributed by atoms with Gasteiger partial charge in [0, 0.05) is 12.6 Å². The number of hydrogen-bond acceptors (Lipinski definition) is 5. The highest BCUT2D eigenvalue weighted by Gasteiger charge is 2.16. The van der Waals surface area contributed by atoms with Crippen molar-refractivity contribution in [1.29, 1.82) is 0 Å². The minimum absolute atomic E-state index is 0.239. The number of thiocarbonyl (C=S) groups is 1. The summed E-state index contributed by atoms with van der Waals surface area (Å²) in [5.74, 6) is -0.619. The zero-order chi connectivity index (χ0) is 17.7. The first-order valence-corrected chi connectivity index (χ1v) is 8.26. The molecule has 0 bridgehead atoms. The highest BCUT2D eigenvalue weighted by Crippen LogP contribution is 2.22. The average molecular weight is 363 g/mol. The van der Waals surface area contributed by atoms with Gasteiger partial charge in [-0.15, -0.1) is 0 Å². The number of aryl methyl sites for hydroxylation is 2. The fraction of sp³-hybridized carbons (Fsp3) is 0.200. The number of anilines is 2. The van der Waals surface area contributed by atoms with Crippen LogP contribution in [0.1, 0.15) is 27.9 Å². The van der Waals surface area contributed by atoms with Crippen LogP contribution in [-0.4, -0.2) is 21.9 Å². The van der Waals surface area contributed by atoms with E-state index in [1.54, 1.807) is 6.92 Å². The molecule has 1 aromatic heterocycles. The van der Waals surface area contributed by atoms with Crippen LogP contribution in [0.15, 0.2) is 24.3 Å². The normalized spacial score (nSPS) is 9.96. The number of aromatic nitrogens is 1.